The number of nitrogens with zero attached hydrogens (tertiary/aromatic N) is 2. The van der Waals surface area contributed by atoms with E-state index >= 15 is 0 Å². The van der Waals surface area contributed by atoms with Gasteiger partial charge < -0.3 is 10.3 Å². The molecular formula is C15H12FN3OS. The van der Waals surface area contributed by atoms with Crippen LogP contribution in [0.25, 0.3) is 11.5 Å². The summed E-state index contributed by atoms with van der Waals surface area (Å²) in [6.07, 6.45) is 0. The number of hydrogen-bond acceptors (Lipinski definition) is 5. The molecule has 106 valence electrons. The molecule has 0 atom stereocenters. The summed E-state index contributed by atoms with van der Waals surface area (Å²) in [5.74, 6) is 1.13. The van der Waals surface area contributed by atoms with Gasteiger partial charge in [-0.15, -0.1) is 11.8 Å². The van der Waals surface area contributed by atoms with Gasteiger partial charge in [-0.3, -0.25) is 0 Å². The highest BCUT2D eigenvalue weighted by molar-refractivity contribution is 7.98. The van der Waals surface area contributed by atoms with Crippen LogP contribution in [0.5, 0.6) is 0 Å². The second-order valence-electron chi connectivity index (χ2n) is 4.35. The Morgan fingerprint density at radius 1 is 1.14 bits per heavy atom. The van der Waals surface area contributed by atoms with Crippen LogP contribution in [0.2, 0.25) is 0 Å². The predicted molar refractivity (Wildman–Crippen MR) is 80.1 cm³/mol. The zero-order valence-electron chi connectivity index (χ0n) is 11.0. The van der Waals surface area contributed by atoms with E-state index in [4.69, 9.17) is 10.3 Å². The van der Waals surface area contributed by atoms with Gasteiger partial charge in [0.05, 0.1) is 11.4 Å². The second kappa shape index (κ2) is 5.97. The molecule has 0 aliphatic heterocycles. The van der Waals surface area contributed by atoms with Gasteiger partial charge in [0, 0.05) is 10.5 Å². The molecule has 3 aromatic rings. The summed E-state index contributed by atoms with van der Waals surface area (Å²) in [5.41, 5.74) is 6.46. The van der Waals surface area contributed by atoms with Gasteiger partial charge >= 0.3 is 0 Å². The van der Waals surface area contributed by atoms with E-state index in [0.717, 1.165) is 10.5 Å². The molecule has 1 aromatic heterocycles. The molecule has 0 saturated heterocycles. The highest BCUT2D eigenvalue weighted by Crippen LogP contribution is 2.25. The van der Waals surface area contributed by atoms with Crippen LogP contribution in [-0.4, -0.2) is 10.1 Å². The van der Waals surface area contributed by atoms with Gasteiger partial charge in [0.15, 0.2) is 5.82 Å². The Kier molecular flexibility index (Phi) is 3.87. The maximum atomic E-state index is 13.3. The number of nitrogen functional groups attached to an aromatic ring is 1. The predicted octanol–water partition coefficient (Wildman–Crippen LogP) is 3.75. The summed E-state index contributed by atoms with van der Waals surface area (Å²) < 4.78 is 18.6. The molecule has 3 rings (SSSR count). The Morgan fingerprint density at radius 3 is 2.71 bits per heavy atom. The number of nitrogens with two attached hydrogens (primary N) is 1. The quantitative estimate of drug-likeness (QED) is 0.587. The van der Waals surface area contributed by atoms with Crippen molar-refractivity contribution < 1.29 is 8.91 Å². The van der Waals surface area contributed by atoms with E-state index in [9.17, 15) is 4.39 Å². The topological polar surface area (TPSA) is 64.9 Å². The Balaban J connectivity index is 1.69. The third kappa shape index (κ3) is 3.22. The number of anilines is 1. The molecule has 6 heteroatoms. The lowest BCUT2D eigenvalue weighted by atomic mass is 10.2. The lowest BCUT2D eigenvalue weighted by Gasteiger charge is -2.00. The first-order valence-corrected chi connectivity index (χ1v) is 7.27. The van der Waals surface area contributed by atoms with Gasteiger partial charge in [-0.05, 0) is 30.3 Å². The molecule has 0 radical (unpaired) electrons. The molecule has 0 unspecified atom stereocenters. The highest BCUT2D eigenvalue weighted by atomic mass is 32.2. The van der Waals surface area contributed by atoms with Crippen molar-refractivity contribution in [3.63, 3.8) is 0 Å². The fraction of sp³-hybridized carbons (Fsp3) is 0.0667. The molecule has 0 aliphatic carbocycles. The molecule has 0 amide bonds. The standard InChI is InChI=1S/C15H12FN3OS/c16-12-8-11(6-7-13(12)17)21-9-14-18-15(20-19-14)10-4-2-1-3-5-10/h1-8H,9,17H2. The Morgan fingerprint density at radius 2 is 1.95 bits per heavy atom. The number of thioether (sulfide) groups is 1. The van der Waals surface area contributed by atoms with E-state index in [1.165, 1.54) is 17.8 Å². The summed E-state index contributed by atoms with van der Waals surface area (Å²) in [4.78, 5) is 5.09. The Hall–Kier alpha value is -2.34. The number of halogens is 1. The Labute approximate surface area is 125 Å². The van der Waals surface area contributed by atoms with Crippen LogP contribution < -0.4 is 5.73 Å². The van der Waals surface area contributed by atoms with Gasteiger partial charge in [-0.1, -0.05) is 23.4 Å². The fourth-order valence-corrected chi connectivity index (χ4v) is 2.52. The zero-order chi connectivity index (χ0) is 14.7. The molecule has 0 bridgehead atoms. The van der Waals surface area contributed by atoms with Crippen molar-refractivity contribution in [1.82, 2.24) is 10.1 Å². The summed E-state index contributed by atoms with van der Waals surface area (Å²) in [6.45, 7) is 0. The number of benzene rings is 2. The van der Waals surface area contributed by atoms with Crippen molar-refractivity contribution in [1.29, 1.82) is 0 Å². The maximum absolute atomic E-state index is 13.3. The van der Waals surface area contributed by atoms with Crippen LogP contribution in [-0.2, 0) is 5.75 Å². The van der Waals surface area contributed by atoms with Crippen molar-refractivity contribution >= 4 is 17.4 Å². The van der Waals surface area contributed by atoms with E-state index in [0.29, 0.717) is 17.5 Å². The largest absolute Gasteiger partial charge is 0.396 e. The normalized spacial score (nSPS) is 10.7. The van der Waals surface area contributed by atoms with Crippen molar-refractivity contribution in [3.05, 3.63) is 60.2 Å². The van der Waals surface area contributed by atoms with Crippen LogP contribution in [0.1, 0.15) is 5.82 Å². The van der Waals surface area contributed by atoms with Gasteiger partial charge in [0.1, 0.15) is 5.82 Å². The SMILES string of the molecule is Nc1ccc(SCc2noc(-c3ccccc3)n2)cc1F. The van der Waals surface area contributed by atoms with E-state index < -0.39 is 5.82 Å². The molecule has 21 heavy (non-hydrogen) atoms. The molecule has 0 spiro atoms. The average Bonchev–Trinajstić information content (AvgIpc) is 2.98. The van der Waals surface area contributed by atoms with Gasteiger partial charge in [0.2, 0.25) is 0 Å². The molecule has 4 nitrogen and oxygen atoms in total. The van der Waals surface area contributed by atoms with Crippen LogP contribution in [0.3, 0.4) is 0 Å². The van der Waals surface area contributed by atoms with E-state index in [1.807, 2.05) is 30.3 Å². The van der Waals surface area contributed by atoms with Gasteiger partial charge in [-0.25, -0.2) is 4.39 Å². The fourth-order valence-electron chi connectivity index (χ4n) is 1.76. The van der Waals surface area contributed by atoms with Crippen LogP contribution in [0.4, 0.5) is 10.1 Å². The molecule has 0 saturated carbocycles. The van der Waals surface area contributed by atoms with Crippen molar-refractivity contribution in [2.24, 2.45) is 0 Å². The third-order valence-electron chi connectivity index (χ3n) is 2.83. The summed E-state index contributed by atoms with van der Waals surface area (Å²) in [6, 6.07) is 14.3. The minimum Gasteiger partial charge on any atom is -0.396 e. The van der Waals surface area contributed by atoms with Gasteiger partial charge in [0.25, 0.3) is 5.89 Å². The number of aromatic nitrogens is 2. The first-order valence-electron chi connectivity index (χ1n) is 6.28. The lowest BCUT2D eigenvalue weighted by Crippen LogP contribution is -1.90. The number of rotatable bonds is 4. The summed E-state index contributed by atoms with van der Waals surface area (Å²) in [7, 11) is 0. The van der Waals surface area contributed by atoms with Crippen molar-refractivity contribution in [3.8, 4) is 11.5 Å². The maximum Gasteiger partial charge on any atom is 0.257 e. The first kappa shape index (κ1) is 13.6. The molecule has 0 aliphatic rings. The minimum absolute atomic E-state index is 0.144. The van der Waals surface area contributed by atoms with E-state index in [2.05, 4.69) is 10.1 Å². The zero-order valence-corrected chi connectivity index (χ0v) is 11.8. The molecule has 2 N–H and O–H groups in total. The molecule has 2 aromatic carbocycles. The smallest absolute Gasteiger partial charge is 0.257 e. The monoisotopic (exact) mass is 301 g/mol. The minimum atomic E-state index is -0.418. The third-order valence-corrected chi connectivity index (χ3v) is 3.82. The first-order chi connectivity index (χ1) is 10.2. The molecule has 0 fully saturated rings. The highest BCUT2D eigenvalue weighted by Gasteiger charge is 2.09. The molecular weight excluding hydrogens is 289 g/mol. The molecule has 1 heterocycles. The lowest BCUT2D eigenvalue weighted by molar-refractivity contribution is 0.425. The second-order valence-corrected chi connectivity index (χ2v) is 5.40. The van der Waals surface area contributed by atoms with Crippen LogP contribution >= 0.6 is 11.8 Å². The summed E-state index contributed by atoms with van der Waals surface area (Å²) >= 11 is 1.42. The average molecular weight is 301 g/mol. The van der Waals surface area contributed by atoms with Crippen molar-refractivity contribution in [2.75, 3.05) is 5.73 Å². The van der Waals surface area contributed by atoms with Crippen LogP contribution in [0, 0.1) is 5.82 Å². The Bertz CT molecular complexity index is 746. The van der Waals surface area contributed by atoms with Gasteiger partial charge in [-0.2, -0.15) is 4.98 Å². The van der Waals surface area contributed by atoms with Crippen LogP contribution in [0.15, 0.2) is 57.9 Å². The van der Waals surface area contributed by atoms with E-state index in [-0.39, 0.29) is 5.69 Å². The van der Waals surface area contributed by atoms with E-state index in [1.54, 1.807) is 12.1 Å². The van der Waals surface area contributed by atoms with Crippen molar-refractivity contribution in [2.45, 2.75) is 10.6 Å². The summed E-state index contributed by atoms with van der Waals surface area (Å²) in [5, 5.41) is 3.92. The number of hydrogen-bond donors (Lipinski definition) is 1.